The standard InChI is InChI=1S/C25H20N2O8/c1-32-21-13-15(8-10-19(21)35-23(29)16-6-4-3-5-7-16)12-18-22(28)27(25(31)26-18)14-17-9-11-20(34-17)24(30)33-2/h3-13H,14H2,1-2H3,(H,26,31). The van der Waals surface area contributed by atoms with E-state index in [9.17, 15) is 19.2 Å². The van der Waals surface area contributed by atoms with Gasteiger partial charge in [0.15, 0.2) is 11.5 Å². The number of benzene rings is 2. The molecule has 0 unspecified atom stereocenters. The Bertz CT molecular complexity index is 1330. The molecular weight excluding hydrogens is 456 g/mol. The van der Waals surface area contributed by atoms with Crippen molar-refractivity contribution in [2.24, 2.45) is 0 Å². The fraction of sp³-hybridized carbons (Fsp3) is 0.120. The molecule has 0 saturated carbocycles. The zero-order chi connectivity index (χ0) is 24.9. The lowest BCUT2D eigenvalue weighted by atomic mass is 10.1. The van der Waals surface area contributed by atoms with Gasteiger partial charge in [-0.1, -0.05) is 24.3 Å². The van der Waals surface area contributed by atoms with Crippen LogP contribution in [0.5, 0.6) is 11.5 Å². The van der Waals surface area contributed by atoms with Crippen LogP contribution in [-0.2, 0) is 16.1 Å². The zero-order valence-electron chi connectivity index (χ0n) is 18.8. The maximum Gasteiger partial charge on any atom is 0.373 e. The zero-order valence-corrected chi connectivity index (χ0v) is 18.8. The van der Waals surface area contributed by atoms with Crippen molar-refractivity contribution in [2.45, 2.75) is 6.54 Å². The van der Waals surface area contributed by atoms with Gasteiger partial charge >= 0.3 is 18.0 Å². The number of ether oxygens (including phenoxy) is 3. The Hall–Kier alpha value is -4.86. The van der Waals surface area contributed by atoms with Crippen molar-refractivity contribution in [1.29, 1.82) is 0 Å². The molecule has 178 valence electrons. The summed E-state index contributed by atoms with van der Waals surface area (Å²) >= 11 is 0. The van der Waals surface area contributed by atoms with Crippen molar-refractivity contribution in [3.05, 3.63) is 89.0 Å². The Morgan fingerprint density at radius 2 is 1.74 bits per heavy atom. The van der Waals surface area contributed by atoms with Crippen LogP contribution in [0, 0.1) is 0 Å². The molecule has 0 atom stereocenters. The van der Waals surface area contributed by atoms with Crippen molar-refractivity contribution < 1.29 is 37.8 Å². The molecule has 0 radical (unpaired) electrons. The molecule has 1 aromatic heterocycles. The molecule has 0 bridgehead atoms. The molecule has 2 heterocycles. The van der Waals surface area contributed by atoms with Gasteiger partial charge in [0.2, 0.25) is 5.76 Å². The molecule has 0 aliphatic carbocycles. The van der Waals surface area contributed by atoms with E-state index in [0.29, 0.717) is 11.1 Å². The molecule has 0 spiro atoms. The Kier molecular flexibility index (Phi) is 6.63. The third-order valence-electron chi connectivity index (χ3n) is 5.04. The Balaban J connectivity index is 1.49. The molecule has 3 aromatic rings. The molecule has 1 saturated heterocycles. The van der Waals surface area contributed by atoms with Gasteiger partial charge in [0.05, 0.1) is 26.3 Å². The highest BCUT2D eigenvalue weighted by Crippen LogP contribution is 2.30. The van der Waals surface area contributed by atoms with E-state index < -0.39 is 23.9 Å². The van der Waals surface area contributed by atoms with Crippen LogP contribution in [0.2, 0.25) is 0 Å². The van der Waals surface area contributed by atoms with Crippen molar-refractivity contribution >= 4 is 30.0 Å². The Labute approximate surface area is 199 Å². The fourth-order valence-electron chi connectivity index (χ4n) is 3.30. The van der Waals surface area contributed by atoms with E-state index in [1.54, 1.807) is 42.5 Å². The van der Waals surface area contributed by atoms with Gasteiger partial charge in [-0.05, 0) is 48.0 Å². The second-order valence-electron chi connectivity index (χ2n) is 7.30. The number of rotatable bonds is 7. The summed E-state index contributed by atoms with van der Waals surface area (Å²) in [4.78, 5) is 50.0. The molecule has 2 aromatic carbocycles. The molecule has 1 aliphatic heterocycles. The third-order valence-corrected chi connectivity index (χ3v) is 5.04. The number of nitrogens with one attached hydrogen (secondary N) is 1. The van der Waals surface area contributed by atoms with Crippen LogP contribution in [-0.4, -0.2) is 43.0 Å². The summed E-state index contributed by atoms with van der Waals surface area (Å²) in [5.74, 6) is -1.12. The predicted molar refractivity (Wildman–Crippen MR) is 122 cm³/mol. The smallest absolute Gasteiger partial charge is 0.373 e. The summed E-state index contributed by atoms with van der Waals surface area (Å²) in [5.41, 5.74) is 0.944. The quantitative estimate of drug-likeness (QED) is 0.238. The van der Waals surface area contributed by atoms with Crippen LogP contribution in [0.15, 0.2) is 70.8 Å². The number of esters is 2. The molecule has 4 rings (SSSR count). The minimum Gasteiger partial charge on any atom is -0.493 e. The number of urea groups is 1. The van der Waals surface area contributed by atoms with E-state index in [2.05, 4.69) is 10.1 Å². The maximum atomic E-state index is 12.8. The lowest BCUT2D eigenvalue weighted by Crippen LogP contribution is -2.30. The molecule has 1 aliphatic rings. The number of furan rings is 1. The van der Waals surface area contributed by atoms with Crippen LogP contribution >= 0.6 is 0 Å². The average molecular weight is 476 g/mol. The Morgan fingerprint density at radius 1 is 0.971 bits per heavy atom. The summed E-state index contributed by atoms with van der Waals surface area (Å²) in [7, 11) is 2.64. The van der Waals surface area contributed by atoms with Crippen LogP contribution in [0.1, 0.15) is 32.2 Å². The first-order valence-corrected chi connectivity index (χ1v) is 10.4. The maximum absolute atomic E-state index is 12.8. The summed E-state index contributed by atoms with van der Waals surface area (Å²) < 4.78 is 20.7. The number of imide groups is 1. The molecule has 1 fully saturated rings. The largest absolute Gasteiger partial charge is 0.493 e. The highest BCUT2D eigenvalue weighted by Gasteiger charge is 2.34. The molecule has 35 heavy (non-hydrogen) atoms. The van der Waals surface area contributed by atoms with Crippen LogP contribution in [0.25, 0.3) is 6.08 Å². The van der Waals surface area contributed by atoms with Crippen molar-refractivity contribution in [3.63, 3.8) is 0 Å². The summed E-state index contributed by atoms with van der Waals surface area (Å²) in [6.45, 7) is -0.170. The predicted octanol–water partition coefficient (Wildman–Crippen LogP) is 3.39. The van der Waals surface area contributed by atoms with Gasteiger partial charge in [-0.3, -0.25) is 9.69 Å². The number of methoxy groups -OCH3 is 2. The van der Waals surface area contributed by atoms with E-state index in [0.717, 1.165) is 4.90 Å². The number of nitrogens with zero attached hydrogens (tertiary/aromatic N) is 1. The summed E-state index contributed by atoms with van der Waals surface area (Å²) in [6, 6.07) is 15.5. The average Bonchev–Trinajstić information content (AvgIpc) is 3.45. The summed E-state index contributed by atoms with van der Waals surface area (Å²) in [5, 5.41) is 2.51. The minimum atomic E-state index is -0.666. The van der Waals surface area contributed by atoms with Gasteiger partial charge in [-0.15, -0.1) is 0 Å². The number of hydrogen-bond acceptors (Lipinski definition) is 8. The second kappa shape index (κ2) is 9.96. The molecule has 3 amide bonds. The van der Waals surface area contributed by atoms with Gasteiger partial charge in [0.25, 0.3) is 5.91 Å². The van der Waals surface area contributed by atoms with E-state index in [4.69, 9.17) is 13.9 Å². The van der Waals surface area contributed by atoms with Gasteiger partial charge in [0.1, 0.15) is 11.5 Å². The normalized spacial score (nSPS) is 14.1. The fourth-order valence-corrected chi connectivity index (χ4v) is 3.30. The van der Waals surface area contributed by atoms with Crippen LogP contribution in [0.3, 0.4) is 0 Å². The summed E-state index contributed by atoms with van der Waals surface area (Å²) in [6.07, 6.45) is 1.47. The molecule has 10 nitrogen and oxygen atoms in total. The van der Waals surface area contributed by atoms with Crippen LogP contribution < -0.4 is 14.8 Å². The molecular formula is C25H20N2O8. The number of hydrogen-bond donors (Lipinski definition) is 1. The number of carbonyl (C=O) groups excluding carboxylic acids is 4. The lowest BCUT2D eigenvalue weighted by Gasteiger charge is -2.10. The highest BCUT2D eigenvalue weighted by atomic mass is 16.6. The first-order valence-electron chi connectivity index (χ1n) is 10.4. The molecule has 10 heteroatoms. The van der Waals surface area contributed by atoms with Gasteiger partial charge < -0.3 is 23.9 Å². The van der Waals surface area contributed by atoms with Crippen LogP contribution in [0.4, 0.5) is 4.79 Å². The Morgan fingerprint density at radius 3 is 2.46 bits per heavy atom. The lowest BCUT2D eigenvalue weighted by molar-refractivity contribution is -0.123. The van der Waals surface area contributed by atoms with E-state index in [1.807, 2.05) is 0 Å². The number of amides is 3. The van der Waals surface area contributed by atoms with Crippen molar-refractivity contribution in [1.82, 2.24) is 10.2 Å². The van der Waals surface area contributed by atoms with E-state index in [-0.39, 0.29) is 35.3 Å². The monoisotopic (exact) mass is 476 g/mol. The van der Waals surface area contributed by atoms with E-state index in [1.165, 1.54) is 38.5 Å². The third kappa shape index (κ3) is 5.06. The second-order valence-corrected chi connectivity index (χ2v) is 7.30. The highest BCUT2D eigenvalue weighted by molar-refractivity contribution is 6.13. The van der Waals surface area contributed by atoms with Gasteiger partial charge in [-0.25, -0.2) is 14.4 Å². The first kappa shape index (κ1) is 23.3. The topological polar surface area (TPSA) is 124 Å². The molecule has 1 N–H and O–H groups in total. The minimum absolute atomic E-state index is 0.0332. The van der Waals surface area contributed by atoms with Crippen molar-refractivity contribution in [2.75, 3.05) is 14.2 Å². The SMILES string of the molecule is COC(=O)c1ccc(CN2C(=O)NC(=Cc3ccc(OC(=O)c4ccccc4)c(OC)c3)C2=O)o1. The van der Waals surface area contributed by atoms with Crippen molar-refractivity contribution in [3.8, 4) is 11.5 Å². The van der Waals surface area contributed by atoms with Gasteiger partial charge in [0, 0.05) is 0 Å². The van der Waals surface area contributed by atoms with Gasteiger partial charge in [-0.2, -0.15) is 0 Å². The number of carbonyl (C=O) groups is 4. The first-order chi connectivity index (χ1) is 16.9. The van der Waals surface area contributed by atoms with E-state index >= 15 is 0 Å².